The molecule has 2 aliphatic rings. The fourth-order valence-corrected chi connectivity index (χ4v) is 5.98. The maximum absolute atomic E-state index is 13.8. The van der Waals surface area contributed by atoms with Crippen molar-refractivity contribution in [1.82, 2.24) is 0 Å². The van der Waals surface area contributed by atoms with Gasteiger partial charge in [0.2, 0.25) is 5.91 Å². The molecule has 0 radical (unpaired) electrons. The van der Waals surface area contributed by atoms with Crippen molar-refractivity contribution in [2.45, 2.75) is 58.0 Å². The molecule has 170 valence electrons. The number of esters is 1. The molecule has 1 aromatic heterocycles. The standard InChI is InChI=1S/C27H27NO4S/c1-16(2)31-27(30)24-19-12-4-3-5-15-22(19)33-26(24)28-25(29)23-17-10-6-8-13-20(17)32-21-14-9-7-11-18(21)23/h6-11,13-14,16,23H,3-5,12,15H2,1-2H3,(H,28,29). The summed E-state index contributed by atoms with van der Waals surface area (Å²) in [5, 5.41) is 3.71. The molecule has 2 aromatic carbocycles. The zero-order valence-corrected chi connectivity index (χ0v) is 19.7. The van der Waals surface area contributed by atoms with Crippen LogP contribution in [0.1, 0.15) is 71.0 Å². The number of benzene rings is 2. The summed E-state index contributed by atoms with van der Waals surface area (Å²) in [7, 11) is 0. The highest BCUT2D eigenvalue weighted by molar-refractivity contribution is 7.17. The Labute approximate surface area is 197 Å². The lowest BCUT2D eigenvalue weighted by atomic mass is 9.87. The summed E-state index contributed by atoms with van der Waals surface area (Å²) in [6, 6.07) is 15.2. The van der Waals surface area contributed by atoms with Gasteiger partial charge in [0.25, 0.3) is 0 Å². The molecule has 1 amide bonds. The number of anilines is 1. The van der Waals surface area contributed by atoms with Gasteiger partial charge in [0, 0.05) is 16.0 Å². The Bertz CT molecular complexity index is 1170. The Morgan fingerprint density at radius 1 is 0.970 bits per heavy atom. The number of carbonyl (C=O) groups excluding carboxylic acids is 2. The van der Waals surface area contributed by atoms with E-state index >= 15 is 0 Å². The fraction of sp³-hybridized carbons (Fsp3) is 0.333. The van der Waals surface area contributed by atoms with Gasteiger partial charge in [-0.1, -0.05) is 42.8 Å². The third-order valence-corrected chi connectivity index (χ3v) is 7.35. The van der Waals surface area contributed by atoms with E-state index in [1.165, 1.54) is 16.2 Å². The van der Waals surface area contributed by atoms with E-state index in [2.05, 4.69) is 5.32 Å². The highest BCUT2D eigenvalue weighted by Gasteiger charge is 2.34. The van der Waals surface area contributed by atoms with Crippen molar-refractivity contribution in [2.75, 3.05) is 5.32 Å². The Balaban J connectivity index is 1.54. The molecule has 0 unspecified atom stereocenters. The van der Waals surface area contributed by atoms with Crippen molar-refractivity contribution < 1.29 is 19.1 Å². The van der Waals surface area contributed by atoms with E-state index in [9.17, 15) is 9.59 Å². The second-order valence-corrected chi connectivity index (χ2v) is 9.93. The van der Waals surface area contributed by atoms with Crippen LogP contribution in [0.25, 0.3) is 0 Å². The SMILES string of the molecule is CC(C)OC(=O)c1c(NC(=O)C2c3ccccc3Oc3ccccc32)sc2c1CCCCC2. The number of hydrogen-bond donors (Lipinski definition) is 1. The van der Waals surface area contributed by atoms with Crippen molar-refractivity contribution in [3.63, 3.8) is 0 Å². The summed E-state index contributed by atoms with van der Waals surface area (Å²) >= 11 is 1.52. The van der Waals surface area contributed by atoms with Crippen LogP contribution in [0.15, 0.2) is 48.5 Å². The van der Waals surface area contributed by atoms with Gasteiger partial charge in [0.1, 0.15) is 16.5 Å². The zero-order chi connectivity index (χ0) is 22.9. The third-order valence-electron chi connectivity index (χ3n) is 6.15. The van der Waals surface area contributed by atoms with Gasteiger partial charge < -0.3 is 14.8 Å². The minimum absolute atomic E-state index is 0.173. The molecule has 2 heterocycles. The average molecular weight is 462 g/mol. The Kier molecular flexibility index (Phi) is 5.94. The number of aryl methyl sites for hydroxylation is 1. The first-order valence-corrected chi connectivity index (χ1v) is 12.4. The maximum atomic E-state index is 13.8. The van der Waals surface area contributed by atoms with Crippen LogP contribution in [0.2, 0.25) is 0 Å². The van der Waals surface area contributed by atoms with Crippen molar-refractivity contribution in [3.05, 3.63) is 75.7 Å². The number of carbonyl (C=O) groups is 2. The minimum atomic E-state index is -0.526. The maximum Gasteiger partial charge on any atom is 0.341 e. The molecule has 0 saturated heterocycles. The average Bonchev–Trinajstić information content (AvgIpc) is 2.97. The molecule has 0 bridgehead atoms. The summed E-state index contributed by atoms with van der Waals surface area (Å²) in [6.45, 7) is 3.69. The molecule has 0 atom stereocenters. The number of nitrogens with one attached hydrogen (secondary N) is 1. The van der Waals surface area contributed by atoms with Crippen LogP contribution in [0, 0.1) is 0 Å². The van der Waals surface area contributed by atoms with E-state index < -0.39 is 5.92 Å². The predicted octanol–water partition coefficient (Wildman–Crippen LogP) is 6.46. The van der Waals surface area contributed by atoms with Crippen molar-refractivity contribution in [2.24, 2.45) is 0 Å². The quantitative estimate of drug-likeness (QED) is 0.358. The number of para-hydroxylation sites is 2. The van der Waals surface area contributed by atoms with Crippen LogP contribution in [0.3, 0.4) is 0 Å². The highest BCUT2D eigenvalue weighted by Crippen LogP contribution is 2.45. The van der Waals surface area contributed by atoms with Crippen LogP contribution in [0.5, 0.6) is 11.5 Å². The van der Waals surface area contributed by atoms with Crippen LogP contribution >= 0.6 is 11.3 Å². The first kappa shape index (κ1) is 21.7. The number of fused-ring (bicyclic) bond motifs is 3. The number of thiophene rings is 1. The largest absolute Gasteiger partial charge is 0.459 e. The van der Waals surface area contributed by atoms with Gasteiger partial charge in [-0.25, -0.2) is 4.79 Å². The summed E-state index contributed by atoms with van der Waals surface area (Å²) in [5.74, 6) is 0.304. The summed E-state index contributed by atoms with van der Waals surface area (Å²) in [5.41, 5.74) is 3.22. The van der Waals surface area contributed by atoms with Crippen molar-refractivity contribution in [1.29, 1.82) is 0 Å². The molecule has 33 heavy (non-hydrogen) atoms. The minimum Gasteiger partial charge on any atom is -0.459 e. The van der Waals surface area contributed by atoms with Crippen LogP contribution < -0.4 is 10.1 Å². The number of amides is 1. The predicted molar refractivity (Wildman–Crippen MR) is 130 cm³/mol. The molecule has 0 spiro atoms. The molecule has 5 rings (SSSR count). The van der Waals surface area contributed by atoms with Gasteiger partial charge in [-0.2, -0.15) is 0 Å². The van der Waals surface area contributed by atoms with Crippen LogP contribution in [-0.4, -0.2) is 18.0 Å². The van der Waals surface area contributed by atoms with E-state index in [-0.39, 0.29) is 18.0 Å². The second-order valence-electron chi connectivity index (χ2n) is 8.82. The van der Waals surface area contributed by atoms with E-state index in [4.69, 9.17) is 9.47 Å². The molecule has 1 aliphatic heterocycles. The monoisotopic (exact) mass is 461 g/mol. The lowest BCUT2D eigenvalue weighted by Gasteiger charge is -2.27. The number of hydrogen-bond acceptors (Lipinski definition) is 5. The van der Waals surface area contributed by atoms with Gasteiger partial charge in [0.15, 0.2) is 0 Å². The van der Waals surface area contributed by atoms with E-state index in [0.717, 1.165) is 48.8 Å². The molecule has 0 fully saturated rings. The van der Waals surface area contributed by atoms with E-state index in [1.807, 2.05) is 62.4 Å². The first-order chi connectivity index (χ1) is 16.0. The summed E-state index contributed by atoms with van der Waals surface area (Å²) in [4.78, 5) is 28.0. The molecule has 0 saturated carbocycles. The van der Waals surface area contributed by atoms with Gasteiger partial charge in [0.05, 0.1) is 17.6 Å². The Morgan fingerprint density at radius 3 is 2.27 bits per heavy atom. The summed E-state index contributed by atoms with van der Waals surface area (Å²) in [6.07, 6.45) is 4.84. The van der Waals surface area contributed by atoms with E-state index in [0.29, 0.717) is 22.1 Å². The molecule has 3 aromatic rings. The van der Waals surface area contributed by atoms with Gasteiger partial charge >= 0.3 is 5.97 Å². The smallest absolute Gasteiger partial charge is 0.341 e. The normalized spacial score (nSPS) is 15.0. The van der Waals surface area contributed by atoms with Crippen molar-refractivity contribution >= 4 is 28.2 Å². The fourth-order valence-electron chi connectivity index (χ4n) is 4.70. The molecular weight excluding hydrogens is 434 g/mol. The van der Waals surface area contributed by atoms with Gasteiger partial charge in [-0.3, -0.25) is 4.79 Å². The lowest BCUT2D eigenvalue weighted by molar-refractivity contribution is -0.116. The number of ether oxygens (including phenoxy) is 2. The molecule has 1 N–H and O–H groups in total. The third kappa shape index (κ3) is 4.15. The second kappa shape index (κ2) is 9.02. The summed E-state index contributed by atoms with van der Waals surface area (Å²) < 4.78 is 11.6. The molecule has 6 heteroatoms. The molecular formula is C27H27NO4S. The number of rotatable bonds is 4. The van der Waals surface area contributed by atoms with Crippen LogP contribution in [-0.2, 0) is 22.4 Å². The lowest BCUT2D eigenvalue weighted by Crippen LogP contribution is -2.25. The van der Waals surface area contributed by atoms with Crippen LogP contribution in [0.4, 0.5) is 5.00 Å². The molecule has 1 aliphatic carbocycles. The Hall–Kier alpha value is -3.12. The molecule has 5 nitrogen and oxygen atoms in total. The first-order valence-electron chi connectivity index (χ1n) is 11.5. The van der Waals surface area contributed by atoms with E-state index in [1.54, 1.807) is 0 Å². The van der Waals surface area contributed by atoms with Gasteiger partial charge in [-0.05, 0) is 57.2 Å². The van der Waals surface area contributed by atoms with Gasteiger partial charge in [-0.15, -0.1) is 11.3 Å². The zero-order valence-electron chi connectivity index (χ0n) is 18.9. The van der Waals surface area contributed by atoms with Crippen molar-refractivity contribution in [3.8, 4) is 11.5 Å². The topological polar surface area (TPSA) is 64.6 Å². The highest BCUT2D eigenvalue weighted by atomic mass is 32.1. The Morgan fingerprint density at radius 2 is 1.61 bits per heavy atom.